The molecule has 0 saturated heterocycles. The molecule has 2 aromatic rings. The summed E-state index contributed by atoms with van der Waals surface area (Å²) >= 11 is 7.14. The van der Waals surface area contributed by atoms with Gasteiger partial charge in [-0.05, 0) is 49.1 Å². The highest BCUT2D eigenvalue weighted by Gasteiger charge is 2.19. The lowest BCUT2D eigenvalue weighted by Gasteiger charge is -2.07. The van der Waals surface area contributed by atoms with Crippen molar-refractivity contribution in [3.8, 4) is 0 Å². The minimum atomic E-state index is -3.50. The van der Waals surface area contributed by atoms with Crippen molar-refractivity contribution in [2.45, 2.75) is 11.8 Å². The molecule has 0 aliphatic carbocycles. The lowest BCUT2D eigenvalue weighted by Crippen LogP contribution is -2.02. The average Bonchev–Trinajstić information content (AvgIpc) is 2.45. The van der Waals surface area contributed by atoms with Gasteiger partial charge in [-0.25, -0.2) is 8.42 Å². The van der Waals surface area contributed by atoms with E-state index in [0.717, 1.165) is 11.1 Å². The Balaban J connectivity index is 2.47. The molecule has 2 nitrogen and oxygen atoms in total. The first-order valence-corrected chi connectivity index (χ1v) is 9.35. The maximum Gasteiger partial charge on any atom is 0.212 e. The van der Waals surface area contributed by atoms with Gasteiger partial charge in [-0.1, -0.05) is 41.4 Å². The zero-order valence-electron chi connectivity index (χ0n) is 11.7. The molecule has 0 radical (unpaired) electrons. The van der Waals surface area contributed by atoms with E-state index in [1.807, 2.05) is 13.0 Å². The molecule has 0 spiro atoms. The molecule has 0 saturated carbocycles. The lowest BCUT2D eigenvalue weighted by atomic mass is 10.2. The number of benzene rings is 2. The van der Waals surface area contributed by atoms with Crippen LogP contribution in [0, 0.1) is 6.92 Å². The van der Waals surface area contributed by atoms with Gasteiger partial charge in [0.15, 0.2) is 0 Å². The van der Waals surface area contributed by atoms with Crippen LogP contribution in [0.2, 0.25) is 5.02 Å². The summed E-state index contributed by atoms with van der Waals surface area (Å²) < 4.78 is 25.6. The van der Waals surface area contributed by atoms with Crippen LogP contribution in [0.3, 0.4) is 0 Å². The molecule has 0 atom stereocenters. The molecule has 0 aliphatic rings. The van der Waals surface area contributed by atoms with Crippen molar-refractivity contribution in [2.24, 2.45) is 0 Å². The summed E-state index contributed by atoms with van der Waals surface area (Å²) in [5.74, 6) is 0. The van der Waals surface area contributed by atoms with Gasteiger partial charge in [0.05, 0.1) is 4.90 Å². The second-order valence-corrected chi connectivity index (χ2v) is 8.00. The van der Waals surface area contributed by atoms with Crippen LogP contribution < -0.4 is 0 Å². The highest BCUT2D eigenvalue weighted by atomic mass is 35.5. The molecule has 110 valence electrons. The van der Waals surface area contributed by atoms with E-state index in [2.05, 4.69) is 0 Å². The van der Waals surface area contributed by atoms with Gasteiger partial charge in [0, 0.05) is 5.02 Å². The Morgan fingerprint density at radius 3 is 2.38 bits per heavy atom. The van der Waals surface area contributed by atoms with Crippen LogP contribution in [0.25, 0.3) is 6.08 Å². The zero-order chi connectivity index (χ0) is 15.5. The van der Waals surface area contributed by atoms with Crippen molar-refractivity contribution in [3.63, 3.8) is 0 Å². The Hall–Kier alpha value is -1.23. The molecule has 0 N–H and O–H groups in total. The maximum absolute atomic E-state index is 12.6. The molecule has 0 fully saturated rings. The van der Waals surface area contributed by atoms with Crippen molar-refractivity contribution >= 4 is 39.3 Å². The number of halogens is 1. The van der Waals surface area contributed by atoms with Gasteiger partial charge in [0.2, 0.25) is 9.84 Å². The second-order valence-electron chi connectivity index (χ2n) is 4.54. The number of rotatable bonds is 4. The fourth-order valence-corrected chi connectivity index (χ4v) is 4.45. The predicted octanol–water partition coefficient (Wildman–Crippen LogP) is 4.78. The van der Waals surface area contributed by atoms with Crippen LogP contribution in [0.1, 0.15) is 11.1 Å². The molecule has 0 bridgehead atoms. The molecule has 0 amide bonds. The average molecular weight is 339 g/mol. The summed E-state index contributed by atoms with van der Waals surface area (Å²) in [5.41, 5.74) is 1.79. The Labute approximate surface area is 134 Å². The van der Waals surface area contributed by atoms with Crippen LogP contribution in [0.15, 0.2) is 57.7 Å². The number of hydrogen-bond donors (Lipinski definition) is 0. The summed E-state index contributed by atoms with van der Waals surface area (Å²) in [6.45, 7) is 1.92. The summed E-state index contributed by atoms with van der Waals surface area (Å²) in [7, 11) is -3.50. The predicted molar refractivity (Wildman–Crippen MR) is 91.3 cm³/mol. The second kappa shape index (κ2) is 6.69. The van der Waals surface area contributed by atoms with Crippen molar-refractivity contribution < 1.29 is 8.42 Å². The maximum atomic E-state index is 12.6. The molecule has 0 aliphatic heterocycles. The van der Waals surface area contributed by atoms with Crippen molar-refractivity contribution in [2.75, 3.05) is 6.26 Å². The van der Waals surface area contributed by atoms with E-state index in [1.165, 1.54) is 11.8 Å². The smallest absolute Gasteiger partial charge is 0.212 e. The van der Waals surface area contributed by atoms with Gasteiger partial charge in [-0.3, -0.25) is 0 Å². The van der Waals surface area contributed by atoms with Crippen LogP contribution in [-0.2, 0) is 9.84 Å². The van der Waals surface area contributed by atoms with Crippen molar-refractivity contribution in [1.29, 1.82) is 0 Å². The topological polar surface area (TPSA) is 34.1 Å². The summed E-state index contributed by atoms with van der Waals surface area (Å²) in [5, 5.41) is 0.580. The highest BCUT2D eigenvalue weighted by molar-refractivity contribution is 8.18. The molecule has 0 unspecified atom stereocenters. The number of aryl methyl sites for hydroxylation is 1. The van der Waals surface area contributed by atoms with Gasteiger partial charge < -0.3 is 0 Å². The van der Waals surface area contributed by atoms with Gasteiger partial charge >= 0.3 is 0 Å². The van der Waals surface area contributed by atoms with Gasteiger partial charge in [-0.15, -0.1) is 11.8 Å². The van der Waals surface area contributed by atoms with E-state index in [9.17, 15) is 8.42 Å². The van der Waals surface area contributed by atoms with Gasteiger partial charge in [0.1, 0.15) is 4.24 Å². The summed E-state index contributed by atoms with van der Waals surface area (Å²) in [6.07, 6.45) is 3.40. The fraction of sp³-hybridized carbons (Fsp3) is 0.125. The third-order valence-electron chi connectivity index (χ3n) is 2.93. The molecule has 5 heteroatoms. The van der Waals surface area contributed by atoms with E-state index in [0.29, 0.717) is 14.2 Å². The normalized spacial score (nSPS) is 12.4. The van der Waals surface area contributed by atoms with Crippen LogP contribution >= 0.6 is 23.4 Å². The first-order valence-electron chi connectivity index (χ1n) is 6.26. The standard InChI is InChI=1S/C16H15ClO2S2/c1-12-6-8-15(9-7-12)21(18,19)16(20-2)11-13-4-3-5-14(17)10-13/h3-11H,1-2H3/b16-11+. The van der Waals surface area contributed by atoms with Crippen molar-refractivity contribution in [3.05, 3.63) is 68.9 Å². The van der Waals surface area contributed by atoms with Crippen LogP contribution in [0.4, 0.5) is 0 Å². The van der Waals surface area contributed by atoms with Crippen LogP contribution in [-0.4, -0.2) is 14.7 Å². The van der Waals surface area contributed by atoms with E-state index in [-0.39, 0.29) is 0 Å². The van der Waals surface area contributed by atoms with E-state index in [4.69, 9.17) is 11.6 Å². The minimum Gasteiger partial charge on any atom is -0.218 e. The summed E-state index contributed by atoms with van der Waals surface area (Å²) in [6, 6.07) is 14.0. The SMILES string of the molecule is CS/C(=C\c1cccc(Cl)c1)S(=O)(=O)c1ccc(C)cc1. The number of sulfone groups is 1. The van der Waals surface area contributed by atoms with E-state index >= 15 is 0 Å². The third-order valence-corrected chi connectivity index (χ3v) is 6.38. The van der Waals surface area contributed by atoms with Crippen molar-refractivity contribution in [1.82, 2.24) is 0 Å². The third kappa shape index (κ3) is 3.90. The lowest BCUT2D eigenvalue weighted by molar-refractivity contribution is 0.604. The molecule has 2 rings (SSSR count). The summed E-state index contributed by atoms with van der Waals surface area (Å²) in [4.78, 5) is 0.302. The quantitative estimate of drug-likeness (QED) is 0.804. The first-order chi connectivity index (χ1) is 9.93. The largest absolute Gasteiger partial charge is 0.218 e. The van der Waals surface area contributed by atoms with Gasteiger partial charge in [-0.2, -0.15) is 0 Å². The molecular weight excluding hydrogens is 324 g/mol. The zero-order valence-corrected chi connectivity index (χ0v) is 14.1. The van der Waals surface area contributed by atoms with Gasteiger partial charge in [0.25, 0.3) is 0 Å². The fourth-order valence-electron chi connectivity index (χ4n) is 1.81. The molecule has 0 aromatic heterocycles. The Morgan fingerprint density at radius 1 is 1.14 bits per heavy atom. The number of thioether (sulfide) groups is 1. The molecule has 2 aromatic carbocycles. The highest BCUT2D eigenvalue weighted by Crippen LogP contribution is 2.29. The molecule has 0 heterocycles. The minimum absolute atomic E-state index is 0.300. The molecule has 21 heavy (non-hydrogen) atoms. The Morgan fingerprint density at radius 2 is 1.81 bits per heavy atom. The Bertz CT molecular complexity index is 763. The van der Waals surface area contributed by atoms with Crippen LogP contribution in [0.5, 0.6) is 0 Å². The molecular formula is C16H15ClO2S2. The monoisotopic (exact) mass is 338 g/mol. The van der Waals surface area contributed by atoms with E-state index < -0.39 is 9.84 Å². The Kier molecular flexibility index (Phi) is 5.14. The van der Waals surface area contributed by atoms with E-state index in [1.54, 1.807) is 54.8 Å². The first kappa shape index (κ1) is 16.1. The number of hydrogen-bond acceptors (Lipinski definition) is 3.